The van der Waals surface area contributed by atoms with Crippen molar-refractivity contribution in [2.45, 2.75) is 59.0 Å². The van der Waals surface area contributed by atoms with Crippen molar-refractivity contribution in [2.75, 3.05) is 0 Å². The highest BCUT2D eigenvalue weighted by Gasteiger charge is 2.34. The van der Waals surface area contributed by atoms with Gasteiger partial charge in [-0.2, -0.15) is 0 Å². The van der Waals surface area contributed by atoms with E-state index in [1.807, 2.05) is 36.4 Å². The predicted octanol–water partition coefficient (Wildman–Crippen LogP) is 8.68. The summed E-state index contributed by atoms with van der Waals surface area (Å²) in [5.41, 5.74) is 9.60. The third-order valence-electron chi connectivity index (χ3n) is 8.98. The number of amides is 1. The molecule has 1 atom stereocenters. The smallest absolute Gasteiger partial charge is 0.336 e. The lowest BCUT2D eigenvalue weighted by molar-refractivity contribution is 0.0697. The lowest BCUT2D eigenvalue weighted by atomic mass is 9.95. The van der Waals surface area contributed by atoms with Crippen LogP contribution in [0.15, 0.2) is 91.0 Å². The van der Waals surface area contributed by atoms with Crippen LogP contribution in [0, 0.1) is 19.8 Å². The van der Waals surface area contributed by atoms with Gasteiger partial charge in [0.05, 0.1) is 11.6 Å². The lowest BCUT2D eigenvalue weighted by Gasteiger charge is -2.20. The number of aromatic nitrogens is 1. The number of hydrogen-bond donors (Lipinski definition) is 2. The zero-order valence-corrected chi connectivity index (χ0v) is 25.2. The van der Waals surface area contributed by atoms with Crippen molar-refractivity contribution in [3.8, 4) is 11.1 Å². The summed E-state index contributed by atoms with van der Waals surface area (Å²) in [6.07, 6.45) is 2.29. The molecule has 1 aliphatic rings. The van der Waals surface area contributed by atoms with Crippen molar-refractivity contribution in [2.24, 2.45) is 5.92 Å². The van der Waals surface area contributed by atoms with Crippen LogP contribution in [0.4, 0.5) is 0 Å². The van der Waals surface area contributed by atoms with E-state index in [1.54, 1.807) is 12.1 Å². The van der Waals surface area contributed by atoms with Crippen LogP contribution in [0.5, 0.6) is 0 Å². The van der Waals surface area contributed by atoms with Gasteiger partial charge in [0.25, 0.3) is 5.91 Å². The van der Waals surface area contributed by atoms with Gasteiger partial charge < -0.3 is 15.0 Å². The van der Waals surface area contributed by atoms with E-state index < -0.39 is 5.97 Å². The largest absolute Gasteiger partial charge is 0.478 e. The Morgan fingerprint density at radius 3 is 2.30 bits per heavy atom. The molecule has 0 radical (unpaired) electrons. The van der Waals surface area contributed by atoms with E-state index in [1.165, 1.54) is 16.7 Å². The molecule has 0 unspecified atom stereocenters. The number of fused-ring (bicyclic) bond motifs is 1. The quantitative estimate of drug-likeness (QED) is 0.186. The van der Waals surface area contributed by atoms with Crippen LogP contribution in [0.2, 0.25) is 0 Å². The number of benzene rings is 4. The molecule has 6 rings (SSSR count). The van der Waals surface area contributed by atoms with E-state index in [4.69, 9.17) is 0 Å². The Balaban J connectivity index is 1.24. The zero-order valence-electron chi connectivity index (χ0n) is 25.2. The number of carboxylic acid groups (broad SMARTS) is 1. The van der Waals surface area contributed by atoms with Crippen LogP contribution in [-0.4, -0.2) is 21.6 Å². The fraction of sp³-hybridized carbons (Fsp3) is 0.263. The molecule has 5 nitrogen and oxygen atoms in total. The summed E-state index contributed by atoms with van der Waals surface area (Å²) in [5, 5.41) is 14.0. The first-order valence-corrected chi connectivity index (χ1v) is 15.1. The highest BCUT2D eigenvalue weighted by atomic mass is 16.4. The average Bonchev–Trinajstić information content (AvgIpc) is 3.84. The van der Waals surface area contributed by atoms with E-state index in [2.05, 4.69) is 80.0 Å². The van der Waals surface area contributed by atoms with Crippen LogP contribution in [0.3, 0.4) is 0 Å². The molecule has 218 valence electrons. The van der Waals surface area contributed by atoms with Crippen LogP contribution < -0.4 is 5.32 Å². The maximum absolute atomic E-state index is 13.6. The van der Waals surface area contributed by atoms with E-state index in [-0.39, 0.29) is 11.9 Å². The highest BCUT2D eigenvalue weighted by molar-refractivity contribution is 5.99. The Morgan fingerprint density at radius 1 is 0.884 bits per heavy atom. The lowest BCUT2D eigenvalue weighted by Crippen LogP contribution is -2.30. The minimum atomic E-state index is -0.930. The molecule has 1 saturated carbocycles. The predicted molar refractivity (Wildman–Crippen MR) is 173 cm³/mol. The Labute approximate surface area is 253 Å². The maximum Gasteiger partial charge on any atom is 0.336 e. The molecule has 2 N–H and O–H groups in total. The van der Waals surface area contributed by atoms with E-state index >= 15 is 0 Å². The molecule has 1 amide bonds. The number of hydrogen-bond acceptors (Lipinski definition) is 2. The third-order valence-corrected chi connectivity index (χ3v) is 8.98. The molecule has 0 bridgehead atoms. The average molecular weight is 571 g/mol. The Hall–Kier alpha value is -4.64. The molecule has 43 heavy (non-hydrogen) atoms. The number of rotatable bonds is 9. The summed E-state index contributed by atoms with van der Waals surface area (Å²) in [4.78, 5) is 25.3. The summed E-state index contributed by atoms with van der Waals surface area (Å²) < 4.78 is 2.29. The normalized spacial score (nSPS) is 13.8. The van der Waals surface area contributed by atoms with Crippen LogP contribution >= 0.6 is 0 Å². The van der Waals surface area contributed by atoms with Gasteiger partial charge in [0.15, 0.2) is 0 Å². The van der Waals surface area contributed by atoms with Crippen LogP contribution in [0.25, 0.3) is 22.0 Å². The van der Waals surface area contributed by atoms with Gasteiger partial charge in [-0.1, -0.05) is 80.6 Å². The van der Waals surface area contributed by atoms with Crippen LogP contribution in [-0.2, 0) is 6.54 Å². The second kappa shape index (κ2) is 11.6. The molecule has 1 fully saturated rings. The van der Waals surface area contributed by atoms with Crippen molar-refractivity contribution in [1.29, 1.82) is 0 Å². The van der Waals surface area contributed by atoms with Crippen molar-refractivity contribution >= 4 is 22.8 Å². The molecule has 5 heteroatoms. The van der Waals surface area contributed by atoms with Gasteiger partial charge in [-0.15, -0.1) is 0 Å². The van der Waals surface area contributed by atoms with E-state index in [9.17, 15) is 14.7 Å². The molecular weight excluding hydrogens is 532 g/mol. The summed E-state index contributed by atoms with van der Waals surface area (Å²) in [5.74, 6) is -0.0271. The number of aryl methyl sites for hydroxylation is 1. The fourth-order valence-corrected chi connectivity index (χ4v) is 6.13. The van der Waals surface area contributed by atoms with Gasteiger partial charge in [0.1, 0.15) is 0 Å². The monoisotopic (exact) mass is 570 g/mol. The minimum Gasteiger partial charge on any atom is -0.478 e. The standard InChI is InChI=1S/C38H38N2O3/c1-23(2)29-8-7-9-30(20-29)36(28-16-17-28)39-37(41)31-18-19-35-34(21-31)24(3)25(4)40(35)22-26-12-14-27(15-13-26)32-10-5-6-11-33(32)38(42)43/h5-15,18-21,23,28,36H,16-17,22H2,1-4H3,(H,39,41)(H,42,43)/t36-/m1/s1. The molecule has 4 aromatic carbocycles. The molecule has 0 spiro atoms. The molecule has 0 saturated heterocycles. The van der Waals surface area contributed by atoms with Gasteiger partial charge in [-0.25, -0.2) is 4.79 Å². The minimum absolute atomic E-state index is 0.0276. The maximum atomic E-state index is 13.6. The summed E-state index contributed by atoms with van der Waals surface area (Å²) in [7, 11) is 0. The van der Waals surface area contributed by atoms with Gasteiger partial charge in [-0.3, -0.25) is 4.79 Å². The molecule has 1 heterocycles. The summed E-state index contributed by atoms with van der Waals surface area (Å²) in [6, 6.07) is 29.9. The van der Waals surface area contributed by atoms with Crippen molar-refractivity contribution < 1.29 is 14.7 Å². The van der Waals surface area contributed by atoms with Gasteiger partial charge >= 0.3 is 5.97 Å². The van der Waals surface area contributed by atoms with Gasteiger partial charge in [0, 0.05) is 28.7 Å². The number of nitrogens with zero attached hydrogens (tertiary/aromatic N) is 1. The topological polar surface area (TPSA) is 71.3 Å². The van der Waals surface area contributed by atoms with E-state index in [0.29, 0.717) is 35.1 Å². The first kappa shape index (κ1) is 28.5. The zero-order chi connectivity index (χ0) is 30.2. The third kappa shape index (κ3) is 5.72. The fourth-order valence-electron chi connectivity index (χ4n) is 6.13. The number of nitrogens with one attached hydrogen (secondary N) is 1. The van der Waals surface area contributed by atoms with Crippen LogP contribution in [0.1, 0.15) is 87.3 Å². The van der Waals surface area contributed by atoms with Crippen molar-refractivity contribution in [3.63, 3.8) is 0 Å². The van der Waals surface area contributed by atoms with Crippen molar-refractivity contribution in [3.05, 3.63) is 130 Å². The van der Waals surface area contributed by atoms with E-state index in [0.717, 1.165) is 40.6 Å². The van der Waals surface area contributed by atoms with Crippen molar-refractivity contribution in [1.82, 2.24) is 9.88 Å². The second-order valence-electron chi connectivity index (χ2n) is 12.2. The Morgan fingerprint density at radius 2 is 1.60 bits per heavy atom. The first-order valence-electron chi connectivity index (χ1n) is 15.1. The molecule has 1 aliphatic carbocycles. The second-order valence-corrected chi connectivity index (χ2v) is 12.2. The number of carboxylic acids is 1. The SMILES string of the molecule is Cc1c(C)n(Cc2ccc(-c3ccccc3C(=O)O)cc2)c2ccc(C(=O)N[C@@H](c3cccc(C(C)C)c3)C3CC3)cc12. The Kier molecular flexibility index (Phi) is 7.66. The molecule has 0 aliphatic heterocycles. The number of carbonyl (C=O) groups is 2. The van der Waals surface area contributed by atoms with Gasteiger partial charge in [-0.05, 0) is 96.2 Å². The van der Waals surface area contributed by atoms with Gasteiger partial charge in [0.2, 0.25) is 0 Å². The summed E-state index contributed by atoms with van der Waals surface area (Å²) in [6.45, 7) is 9.32. The summed E-state index contributed by atoms with van der Waals surface area (Å²) >= 11 is 0. The highest BCUT2D eigenvalue weighted by Crippen LogP contribution is 2.42. The molecular formula is C38H38N2O3. The Bertz CT molecular complexity index is 1830. The molecule has 5 aromatic rings. The number of aromatic carboxylic acids is 1. The number of carbonyl (C=O) groups excluding carboxylic acids is 1. The molecule has 1 aromatic heterocycles. The first-order chi connectivity index (χ1) is 20.7.